The SMILES string of the molecule is CCCCc1ccc(NS(=O)(=O)c2ccc3c(c2)N(C)CCO3)cc1. The summed E-state index contributed by atoms with van der Waals surface area (Å²) in [4.78, 5) is 2.24. The Labute approximate surface area is 149 Å². The molecule has 5 nitrogen and oxygen atoms in total. The first-order valence-corrected chi connectivity index (χ1v) is 10.1. The van der Waals surface area contributed by atoms with E-state index < -0.39 is 10.0 Å². The van der Waals surface area contributed by atoms with E-state index in [1.54, 1.807) is 18.2 Å². The zero-order valence-electron chi connectivity index (χ0n) is 14.7. The number of hydrogen-bond acceptors (Lipinski definition) is 4. The quantitative estimate of drug-likeness (QED) is 0.854. The van der Waals surface area contributed by atoms with Gasteiger partial charge in [0.25, 0.3) is 10.0 Å². The second-order valence-corrected chi connectivity index (χ2v) is 7.99. The molecule has 0 aliphatic carbocycles. The van der Waals surface area contributed by atoms with Crippen LogP contribution in [-0.4, -0.2) is 28.6 Å². The minimum atomic E-state index is -3.63. The van der Waals surface area contributed by atoms with E-state index in [0.717, 1.165) is 31.5 Å². The van der Waals surface area contributed by atoms with E-state index in [1.807, 2.05) is 36.2 Å². The molecular weight excluding hydrogens is 336 g/mol. The molecule has 0 saturated carbocycles. The highest BCUT2D eigenvalue weighted by Crippen LogP contribution is 2.33. The number of nitrogens with zero attached hydrogens (tertiary/aromatic N) is 1. The Bertz CT molecular complexity index is 832. The summed E-state index contributed by atoms with van der Waals surface area (Å²) in [6, 6.07) is 12.5. The van der Waals surface area contributed by atoms with Crippen LogP contribution in [0.4, 0.5) is 11.4 Å². The standard InChI is InChI=1S/C19H24N2O3S/c1-3-4-5-15-6-8-16(9-7-15)20-25(22,23)17-10-11-19-18(14-17)21(2)12-13-24-19/h6-11,14,20H,3-5,12-13H2,1-2H3. The maximum Gasteiger partial charge on any atom is 0.261 e. The number of likely N-dealkylation sites (N-methyl/N-ethyl adjacent to an activating group) is 1. The lowest BCUT2D eigenvalue weighted by atomic mass is 10.1. The molecule has 134 valence electrons. The van der Waals surface area contributed by atoms with E-state index in [1.165, 1.54) is 5.56 Å². The number of rotatable bonds is 6. The van der Waals surface area contributed by atoms with Crippen molar-refractivity contribution >= 4 is 21.4 Å². The minimum Gasteiger partial charge on any atom is -0.490 e. The van der Waals surface area contributed by atoms with Crippen molar-refractivity contribution in [2.24, 2.45) is 0 Å². The van der Waals surface area contributed by atoms with E-state index in [-0.39, 0.29) is 4.90 Å². The number of unbranched alkanes of at least 4 members (excludes halogenated alkanes) is 1. The maximum absolute atomic E-state index is 12.7. The van der Waals surface area contributed by atoms with E-state index in [4.69, 9.17) is 4.74 Å². The summed E-state index contributed by atoms with van der Waals surface area (Å²) in [6.07, 6.45) is 3.29. The van der Waals surface area contributed by atoms with Gasteiger partial charge in [0.2, 0.25) is 0 Å². The van der Waals surface area contributed by atoms with Gasteiger partial charge >= 0.3 is 0 Å². The van der Waals surface area contributed by atoms with Crippen molar-refractivity contribution in [3.8, 4) is 5.75 Å². The zero-order valence-corrected chi connectivity index (χ0v) is 15.5. The Kier molecular flexibility index (Phi) is 5.18. The molecule has 1 aliphatic heterocycles. The summed E-state index contributed by atoms with van der Waals surface area (Å²) in [7, 11) is -1.70. The Balaban J connectivity index is 1.79. The van der Waals surface area contributed by atoms with E-state index in [2.05, 4.69) is 11.6 Å². The van der Waals surface area contributed by atoms with Crippen LogP contribution in [0.25, 0.3) is 0 Å². The summed E-state index contributed by atoms with van der Waals surface area (Å²) in [6.45, 7) is 3.50. The lowest BCUT2D eigenvalue weighted by Gasteiger charge is -2.28. The average molecular weight is 360 g/mol. The predicted octanol–water partition coefficient (Wildman–Crippen LogP) is 3.66. The highest BCUT2D eigenvalue weighted by atomic mass is 32.2. The summed E-state index contributed by atoms with van der Waals surface area (Å²) in [5, 5.41) is 0. The van der Waals surface area contributed by atoms with Crippen molar-refractivity contribution in [2.45, 2.75) is 31.1 Å². The molecular formula is C19H24N2O3S. The molecule has 0 saturated heterocycles. The second-order valence-electron chi connectivity index (χ2n) is 6.31. The third kappa shape index (κ3) is 4.07. The molecule has 0 amide bonds. The van der Waals surface area contributed by atoms with Gasteiger partial charge in [0.05, 0.1) is 17.1 Å². The summed E-state index contributed by atoms with van der Waals surface area (Å²) in [5.41, 5.74) is 2.59. The van der Waals surface area contributed by atoms with Crippen LogP contribution in [0.15, 0.2) is 47.4 Å². The van der Waals surface area contributed by atoms with Gasteiger partial charge in [0.15, 0.2) is 0 Å². The molecule has 0 fully saturated rings. The third-order valence-corrected chi connectivity index (χ3v) is 5.74. The molecule has 6 heteroatoms. The number of hydrogen-bond donors (Lipinski definition) is 1. The highest BCUT2D eigenvalue weighted by molar-refractivity contribution is 7.92. The summed E-state index contributed by atoms with van der Waals surface area (Å²) < 4.78 is 33.6. The Morgan fingerprint density at radius 2 is 1.92 bits per heavy atom. The van der Waals surface area contributed by atoms with E-state index >= 15 is 0 Å². The van der Waals surface area contributed by atoms with Crippen molar-refractivity contribution in [1.82, 2.24) is 0 Å². The molecule has 25 heavy (non-hydrogen) atoms. The lowest BCUT2D eigenvalue weighted by molar-refractivity contribution is 0.311. The third-order valence-electron chi connectivity index (χ3n) is 4.36. The molecule has 0 radical (unpaired) electrons. The lowest BCUT2D eigenvalue weighted by Crippen LogP contribution is -2.29. The molecule has 0 unspecified atom stereocenters. The fourth-order valence-electron chi connectivity index (χ4n) is 2.83. The van der Waals surface area contributed by atoms with Crippen LogP contribution in [-0.2, 0) is 16.4 Å². The Morgan fingerprint density at radius 1 is 1.16 bits per heavy atom. The number of fused-ring (bicyclic) bond motifs is 1. The van der Waals surface area contributed by atoms with Crippen LogP contribution in [0.2, 0.25) is 0 Å². The molecule has 0 bridgehead atoms. The topological polar surface area (TPSA) is 58.6 Å². The van der Waals surface area contributed by atoms with Gasteiger partial charge in [0.1, 0.15) is 12.4 Å². The van der Waals surface area contributed by atoms with E-state index in [0.29, 0.717) is 18.0 Å². The highest BCUT2D eigenvalue weighted by Gasteiger charge is 2.20. The monoisotopic (exact) mass is 360 g/mol. The number of sulfonamides is 1. The first-order chi connectivity index (χ1) is 12.0. The molecule has 2 aromatic rings. The Hall–Kier alpha value is -2.21. The number of benzene rings is 2. The zero-order chi connectivity index (χ0) is 17.9. The van der Waals surface area contributed by atoms with Crippen LogP contribution in [0.1, 0.15) is 25.3 Å². The number of aryl methyl sites for hydroxylation is 1. The first kappa shape index (κ1) is 17.6. The van der Waals surface area contributed by atoms with Gasteiger partial charge in [-0.3, -0.25) is 4.72 Å². The fourth-order valence-corrected chi connectivity index (χ4v) is 3.91. The van der Waals surface area contributed by atoms with Gasteiger partial charge in [-0.05, 0) is 48.7 Å². The number of anilines is 2. The van der Waals surface area contributed by atoms with Crippen LogP contribution in [0.3, 0.4) is 0 Å². The second kappa shape index (κ2) is 7.35. The van der Waals surface area contributed by atoms with E-state index in [9.17, 15) is 8.42 Å². The molecule has 1 heterocycles. The molecule has 1 aliphatic rings. The molecule has 2 aromatic carbocycles. The van der Waals surface area contributed by atoms with Gasteiger partial charge in [-0.25, -0.2) is 8.42 Å². The molecule has 3 rings (SSSR count). The fraction of sp³-hybridized carbons (Fsp3) is 0.368. The number of nitrogens with one attached hydrogen (secondary N) is 1. The van der Waals surface area contributed by atoms with Crippen LogP contribution in [0.5, 0.6) is 5.75 Å². The van der Waals surface area contributed by atoms with Gasteiger partial charge in [-0.1, -0.05) is 25.5 Å². The molecule has 0 spiro atoms. The smallest absolute Gasteiger partial charge is 0.261 e. The van der Waals surface area contributed by atoms with Crippen molar-refractivity contribution in [1.29, 1.82) is 0 Å². The Morgan fingerprint density at radius 3 is 2.64 bits per heavy atom. The molecule has 1 N–H and O–H groups in total. The van der Waals surface area contributed by atoms with Crippen molar-refractivity contribution in [3.05, 3.63) is 48.0 Å². The minimum absolute atomic E-state index is 0.235. The van der Waals surface area contributed by atoms with Crippen molar-refractivity contribution in [2.75, 3.05) is 29.8 Å². The summed E-state index contributed by atoms with van der Waals surface area (Å²) >= 11 is 0. The van der Waals surface area contributed by atoms with Gasteiger partial charge in [-0.15, -0.1) is 0 Å². The van der Waals surface area contributed by atoms with Gasteiger partial charge in [0, 0.05) is 12.7 Å². The summed E-state index contributed by atoms with van der Waals surface area (Å²) in [5.74, 6) is 0.716. The van der Waals surface area contributed by atoms with Gasteiger partial charge in [-0.2, -0.15) is 0 Å². The van der Waals surface area contributed by atoms with Crippen molar-refractivity contribution < 1.29 is 13.2 Å². The largest absolute Gasteiger partial charge is 0.490 e. The van der Waals surface area contributed by atoms with Crippen LogP contribution < -0.4 is 14.4 Å². The first-order valence-electron chi connectivity index (χ1n) is 8.59. The van der Waals surface area contributed by atoms with Crippen LogP contribution in [0, 0.1) is 0 Å². The van der Waals surface area contributed by atoms with Gasteiger partial charge < -0.3 is 9.64 Å². The van der Waals surface area contributed by atoms with Crippen molar-refractivity contribution in [3.63, 3.8) is 0 Å². The average Bonchev–Trinajstić information content (AvgIpc) is 2.61. The molecule has 0 aromatic heterocycles. The maximum atomic E-state index is 12.7. The molecule has 0 atom stereocenters. The normalized spacial score (nSPS) is 13.9. The number of ether oxygens (including phenoxy) is 1. The predicted molar refractivity (Wildman–Crippen MR) is 101 cm³/mol. The van der Waals surface area contributed by atoms with Crippen LogP contribution >= 0.6 is 0 Å².